The van der Waals surface area contributed by atoms with Crippen LogP contribution in [-0.2, 0) is 19.5 Å². The molecule has 0 unspecified atom stereocenters. The highest BCUT2D eigenvalue weighted by molar-refractivity contribution is 5.91. The lowest BCUT2D eigenvalue weighted by molar-refractivity contribution is 0.0948. The molecule has 0 saturated carbocycles. The number of phenols is 1. The largest absolute Gasteiger partial charge is 0.508 e. The van der Waals surface area contributed by atoms with Gasteiger partial charge in [0.1, 0.15) is 12.0 Å². The van der Waals surface area contributed by atoms with Gasteiger partial charge in [-0.15, -0.1) is 0 Å². The summed E-state index contributed by atoms with van der Waals surface area (Å²) in [5.74, 6) is 0.571. The first-order valence-electron chi connectivity index (χ1n) is 10.6. The minimum absolute atomic E-state index is 0.235. The molecular formula is C24H28N4O3. The normalized spacial score (nSPS) is 15.1. The first-order chi connectivity index (χ1) is 15.2. The van der Waals surface area contributed by atoms with E-state index in [0.717, 1.165) is 38.3 Å². The van der Waals surface area contributed by atoms with Crippen molar-refractivity contribution in [2.75, 3.05) is 32.7 Å². The third-order valence-corrected chi connectivity index (χ3v) is 5.49. The van der Waals surface area contributed by atoms with E-state index in [4.69, 9.17) is 4.42 Å². The summed E-state index contributed by atoms with van der Waals surface area (Å²) in [6.45, 7) is 5.98. The summed E-state index contributed by atoms with van der Waals surface area (Å²) >= 11 is 0. The molecule has 2 aromatic carbocycles. The maximum atomic E-state index is 12.3. The smallest absolute Gasteiger partial charge is 0.273 e. The van der Waals surface area contributed by atoms with Crippen LogP contribution in [0.3, 0.4) is 0 Å². The molecule has 1 aliphatic rings. The minimum atomic E-state index is -0.235. The maximum Gasteiger partial charge on any atom is 0.273 e. The number of oxazole rings is 1. The number of benzene rings is 2. The van der Waals surface area contributed by atoms with Gasteiger partial charge in [-0.3, -0.25) is 14.6 Å². The van der Waals surface area contributed by atoms with Crippen molar-refractivity contribution in [2.24, 2.45) is 0 Å². The van der Waals surface area contributed by atoms with Crippen LogP contribution < -0.4 is 5.32 Å². The van der Waals surface area contributed by atoms with Crippen LogP contribution in [-0.4, -0.2) is 58.5 Å². The monoisotopic (exact) mass is 420 g/mol. The van der Waals surface area contributed by atoms with Gasteiger partial charge in [0.15, 0.2) is 5.69 Å². The van der Waals surface area contributed by atoms with E-state index in [-0.39, 0.29) is 11.7 Å². The van der Waals surface area contributed by atoms with Gasteiger partial charge >= 0.3 is 0 Å². The van der Waals surface area contributed by atoms with Crippen LogP contribution in [0.1, 0.15) is 27.5 Å². The second kappa shape index (κ2) is 10.2. The van der Waals surface area contributed by atoms with Gasteiger partial charge in [-0.2, -0.15) is 0 Å². The predicted molar refractivity (Wildman–Crippen MR) is 118 cm³/mol. The minimum Gasteiger partial charge on any atom is -0.508 e. The second-order valence-corrected chi connectivity index (χ2v) is 7.84. The number of carbonyl (C=O) groups is 1. The van der Waals surface area contributed by atoms with Crippen molar-refractivity contribution in [3.63, 3.8) is 0 Å². The van der Waals surface area contributed by atoms with Gasteiger partial charge < -0.3 is 14.8 Å². The van der Waals surface area contributed by atoms with E-state index >= 15 is 0 Å². The summed E-state index contributed by atoms with van der Waals surface area (Å²) in [7, 11) is 0. The molecule has 7 heteroatoms. The summed E-state index contributed by atoms with van der Waals surface area (Å²) < 4.78 is 5.53. The van der Waals surface area contributed by atoms with E-state index < -0.39 is 0 Å². The first kappa shape index (κ1) is 21.1. The molecule has 0 radical (unpaired) electrons. The topological polar surface area (TPSA) is 81.8 Å². The molecule has 1 amide bonds. The number of rotatable bonds is 8. The van der Waals surface area contributed by atoms with Gasteiger partial charge in [-0.1, -0.05) is 42.5 Å². The van der Waals surface area contributed by atoms with Gasteiger partial charge in [-0.05, 0) is 29.7 Å². The zero-order valence-corrected chi connectivity index (χ0v) is 17.5. The van der Waals surface area contributed by atoms with Gasteiger partial charge in [0.2, 0.25) is 5.89 Å². The number of amides is 1. The molecule has 0 aliphatic carbocycles. The number of nitrogens with zero attached hydrogens (tertiary/aromatic N) is 3. The van der Waals surface area contributed by atoms with Crippen molar-refractivity contribution in [1.29, 1.82) is 0 Å². The molecule has 1 saturated heterocycles. The zero-order chi connectivity index (χ0) is 21.5. The van der Waals surface area contributed by atoms with Gasteiger partial charge in [0, 0.05) is 39.3 Å². The van der Waals surface area contributed by atoms with Crippen LogP contribution in [0, 0.1) is 0 Å². The maximum absolute atomic E-state index is 12.3. The highest BCUT2D eigenvalue weighted by Crippen LogP contribution is 2.12. The van der Waals surface area contributed by atoms with Crippen molar-refractivity contribution in [3.05, 3.63) is 83.6 Å². The Morgan fingerprint density at radius 3 is 2.32 bits per heavy atom. The number of nitrogens with one attached hydrogen (secondary N) is 1. The van der Waals surface area contributed by atoms with E-state index in [0.29, 0.717) is 31.1 Å². The van der Waals surface area contributed by atoms with Crippen molar-refractivity contribution < 1.29 is 14.3 Å². The summed E-state index contributed by atoms with van der Waals surface area (Å²) in [4.78, 5) is 21.4. The van der Waals surface area contributed by atoms with Gasteiger partial charge in [0.25, 0.3) is 5.91 Å². The Hall–Kier alpha value is -3.16. The zero-order valence-electron chi connectivity index (χ0n) is 17.5. The Labute approximate surface area is 182 Å². The van der Waals surface area contributed by atoms with E-state index in [2.05, 4.69) is 44.4 Å². The fourth-order valence-electron chi connectivity index (χ4n) is 3.70. The summed E-state index contributed by atoms with van der Waals surface area (Å²) in [5, 5.41) is 12.2. The summed E-state index contributed by atoms with van der Waals surface area (Å²) in [6, 6.07) is 17.5. The number of aromatic hydroxyl groups is 1. The number of piperazine rings is 1. The number of carbonyl (C=O) groups excluding carboxylic acids is 1. The number of phenolic OH excluding ortho intramolecular Hbond substituents is 1. The summed E-state index contributed by atoms with van der Waals surface area (Å²) in [5.41, 5.74) is 2.69. The molecule has 1 fully saturated rings. The third-order valence-electron chi connectivity index (χ3n) is 5.49. The molecule has 1 aliphatic heterocycles. The van der Waals surface area contributed by atoms with Gasteiger partial charge in [0.05, 0.1) is 6.54 Å². The Morgan fingerprint density at radius 2 is 1.61 bits per heavy atom. The number of hydrogen-bond acceptors (Lipinski definition) is 6. The number of aromatic nitrogens is 1. The Balaban J connectivity index is 1.19. The highest BCUT2D eigenvalue weighted by atomic mass is 16.3. The van der Waals surface area contributed by atoms with Crippen molar-refractivity contribution in [2.45, 2.75) is 19.5 Å². The van der Waals surface area contributed by atoms with Crippen LogP contribution in [0.4, 0.5) is 0 Å². The molecule has 4 rings (SSSR count). The predicted octanol–water partition coefficient (Wildman–Crippen LogP) is 2.67. The molecule has 7 nitrogen and oxygen atoms in total. The lowest BCUT2D eigenvalue weighted by atomic mass is 10.1. The Bertz CT molecular complexity index is 964. The lowest BCUT2D eigenvalue weighted by Crippen LogP contribution is -2.45. The average Bonchev–Trinajstić information content (AvgIpc) is 3.26. The van der Waals surface area contributed by atoms with Crippen LogP contribution >= 0.6 is 0 Å². The molecule has 162 valence electrons. The fourth-order valence-corrected chi connectivity index (χ4v) is 3.70. The van der Waals surface area contributed by atoms with E-state index in [9.17, 15) is 9.90 Å². The van der Waals surface area contributed by atoms with Gasteiger partial charge in [-0.25, -0.2) is 4.98 Å². The van der Waals surface area contributed by atoms with Crippen LogP contribution in [0.25, 0.3) is 0 Å². The highest BCUT2D eigenvalue weighted by Gasteiger charge is 2.20. The van der Waals surface area contributed by atoms with Crippen molar-refractivity contribution >= 4 is 5.91 Å². The first-order valence-corrected chi connectivity index (χ1v) is 10.6. The van der Waals surface area contributed by atoms with Crippen molar-refractivity contribution in [3.8, 4) is 5.75 Å². The Morgan fingerprint density at radius 1 is 0.935 bits per heavy atom. The molecule has 2 N–H and O–H groups in total. The Kier molecular flexibility index (Phi) is 6.96. The molecule has 0 spiro atoms. The number of hydrogen-bond donors (Lipinski definition) is 2. The average molecular weight is 421 g/mol. The fraction of sp³-hybridized carbons (Fsp3) is 0.333. The lowest BCUT2D eigenvalue weighted by Gasteiger charge is -2.34. The SMILES string of the molecule is O=C(NCCc1ccc(O)cc1)c1coc(CN2CCN(Cc3ccccc3)CC2)n1. The summed E-state index contributed by atoms with van der Waals surface area (Å²) in [6.07, 6.45) is 2.11. The molecular weight excluding hydrogens is 392 g/mol. The molecule has 31 heavy (non-hydrogen) atoms. The quantitative estimate of drug-likeness (QED) is 0.583. The molecule has 1 aromatic heterocycles. The molecule has 3 aromatic rings. The second-order valence-electron chi connectivity index (χ2n) is 7.84. The van der Waals surface area contributed by atoms with E-state index in [1.165, 1.54) is 11.8 Å². The van der Waals surface area contributed by atoms with Crippen LogP contribution in [0.5, 0.6) is 5.75 Å². The van der Waals surface area contributed by atoms with Crippen LogP contribution in [0.15, 0.2) is 65.3 Å². The molecule has 0 atom stereocenters. The standard InChI is InChI=1S/C24H28N4O3/c29-21-8-6-19(7-9-21)10-11-25-24(30)22-18-31-23(26-22)17-28-14-12-27(13-15-28)16-20-4-2-1-3-5-20/h1-9,18,29H,10-17H2,(H,25,30). The molecule has 2 heterocycles. The van der Waals surface area contributed by atoms with E-state index in [1.54, 1.807) is 12.1 Å². The van der Waals surface area contributed by atoms with E-state index in [1.807, 2.05) is 18.2 Å². The van der Waals surface area contributed by atoms with Crippen LogP contribution in [0.2, 0.25) is 0 Å². The molecule has 0 bridgehead atoms. The van der Waals surface area contributed by atoms with Crippen molar-refractivity contribution in [1.82, 2.24) is 20.1 Å². The third kappa shape index (κ3) is 6.16.